The fourth-order valence-electron chi connectivity index (χ4n) is 3.27. The zero-order valence-corrected chi connectivity index (χ0v) is 12.6. The van der Waals surface area contributed by atoms with Crippen LogP contribution in [-0.4, -0.2) is 47.2 Å². The average Bonchev–Trinajstić information content (AvgIpc) is 3.06. The number of fused-ring (bicyclic) bond motifs is 1. The number of ether oxygens (including phenoxy) is 1. The Kier molecular flexibility index (Phi) is 5.24. The molecule has 2 aliphatic rings. The number of hydrogen-bond acceptors (Lipinski definition) is 3. The summed E-state index contributed by atoms with van der Waals surface area (Å²) in [5, 5.41) is 1.16. The molecule has 21 heavy (non-hydrogen) atoms. The third-order valence-corrected chi connectivity index (χ3v) is 4.46. The smallest absolute Gasteiger partial charge is 0.137 e. The summed E-state index contributed by atoms with van der Waals surface area (Å²) in [4.78, 5) is 9.72. The summed E-state index contributed by atoms with van der Waals surface area (Å²) in [5.74, 6) is 0. The first-order chi connectivity index (χ1) is 10.4. The predicted molar refractivity (Wildman–Crippen MR) is 85.4 cm³/mol. The SMILES string of the molecule is C1CCC(N2CCOCC2)CC1.c1cnc2[nH]ccc2c1. The van der Waals surface area contributed by atoms with E-state index in [0.29, 0.717) is 0 Å². The molecular formula is C17H25N3O. The molecule has 4 nitrogen and oxygen atoms in total. The molecule has 0 atom stereocenters. The molecule has 1 aliphatic carbocycles. The largest absolute Gasteiger partial charge is 0.379 e. The number of aromatic amines is 1. The maximum Gasteiger partial charge on any atom is 0.137 e. The summed E-state index contributed by atoms with van der Waals surface area (Å²) in [5.41, 5.74) is 0.956. The van der Waals surface area contributed by atoms with E-state index < -0.39 is 0 Å². The van der Waals surface area contributed by atoms with Crippen LogP contribution in [0.5, 0.6) is 0 Å². The standard InChI is InChI=1S/C10H19NO.C7H6N2/c1-2-4-10(5-3-1)11-6-8-12-9-7-11;1-2-6-3-5-9-7(6)8-4-1/h10H,1-9H2;1-5H,(H,8,9). The van der Waals surface area contributed by atoms with E-state index in [-0.39, 0.29) is 0 Å². The lowest BCUT2D eigenvalue weighted by Gasteiger charge is -2.36. The summed E-state index contributed by atoms with van der Waals surface area (Å²) in [7, 11) is 0. The Morgan fingerprint density at radius 2 is 1.90 bits per heavy atom. The van der Waals surface area contributed by atoms with Crippen LogP contribution in [0.2, 0.25) is 0 Å². The van der Waals surface area contributed by atoms with E-state index in [1.165, 1.54) is 45.2 Å². The van der Waals surface area contributed by atoms with Crippen molar-refractivity contribution in [2.75, 3.05) is 26.3 Å². The van der Waals surface area contributed by atoms with Gasteiger partial charge in [-0.1, -0.05) is 19.3 Å². The Hall–Kier alpha value is -1.39. The lowest BCUT2D eigenvalue weighted by atomic mass is 9.94. The lowest BCUT2D eigenvalue weighted by Crippen LogP contribution is -2.44. The number of pyridine rings is 1. The molecule has 3 heterocycles. The van der Waals surface area contributed by atoms with E-state index in [1.54, 1.807) is 6.20 Å². The highest BCUT2D eigenvalue weighted by Gasteiger charge is 2.22. The van der Waals surface area contributed by atoms with Gasteiger partial charge in [0.1, 0.15) is 5.65 Å². The van der Waals surface area contributed by atoms with Gasteiger partial charge in [-0.2, -0.15) is 0 Å². The molecule has 0 radical (unpaired) electrons. The molecule has 0 unspecified atom stereocenters. The summed E-state index contributed by atoms with van der Waals surface area (Å²) in [6, 6.07) is 6.85. The monoisotopic (exact) mass is 287 g/mol. The summed E-state index contributed by atoms with van der Waals surface area (Å²) in [6.45, 7) is 4.25. The molecule has 1 aliphatic heterocycles. The number of H-pyrrole nitrogens is 1. The Labute approximate surface area is 126 Å². The van der Waals surface area contributed by atoms with Gasteiger partial charge < -0.3 is 9.72 Å². The Morgan fingerprint density at radius 1 is 1.10 bits per heavy atom. The average molecular weight is 287 g/mol. The van der Waals surface area contributed by atoms with Gasteiger partial charge in [-0.15, -0.1) is 0 Å². The van der Waals surface area contributed by atoms with Gasteiger partial charge in [-0.05, 0) is 31.0 Å². The van der Waals surface area contributed by atoms with Crippen molar-refractivity contribution in [2.45, 2.75) is 38.1 Å². The normalized spacial score (nSPS) is 21.0. The molecule has 0 bridgehead atoms. The summed E-state index contributed by atoms with van der Waals surface area (Å²) in [6.07, 6.45) is 10.9. The topological polar surface area (TPSA) is 41.1 Å². The van der Waals surface area contributed by atoms with Crippen LogP contribution in [0.4, 0.5) is 0 Å². The van der Waals surface area contributed by atoms with Crippen molar-refractivity contribution in [3.8, 4) is 0 Å². The van der Waals surface area contributed by atoms with Crippen LogP contribution in [0.25, 0.3) is 11.0 Å². The molecule has 0 spiro atoms. The fraction of sp³-hybridized carbons (Fsp3) is 0.588. The van der Waals surface area contributed by atoms with Crippen molar-refractivity contribution in [1.82, 2.24) is 14.9 Å². The number of aromatic nitrogens is 2. The van der Waals surface area contributed by atoms with Gasteiger partial charge >= 0.3 is 0 Å². The van der Waals surface area contributed by atoms with Crippen LogP contribution in [0.1, 0.15) is 32.1 Å². The quantitative estimate of drug-likeness (QED) is 0.875. The minimum Gasteiger partial charge on any atom is -0.379 e. The maximum absolute atomic E-state index is 5.35. The van der Waals surface area contributed by atoms with E-state index in [9.17, 15) is 0 Å². The van der Waals surface area contributed by atoms with Crippen molar-refractivity contribution in [3.63, 3.8) is 0 Å². The second kappa shape index (κ2) is 7.57. The van der Waals surface area contributed by atoms with Crippen LogP contribution in [0.15, 0.2) is 30.6 Å². The van der Waals surface area contributed by atoms with Gasteiger partial charge in [0.25, 0.3) is 0 Å². The van der Waals surface area contributed by atoms with Gasteiger partial charge in [0.2, 0.25) is 0 Å². The van der Waals surface area contributed by atoms with Crippen LogP contribution < -0.4 is 0 Å². The van der Waals surface area contributed by atoms with Gasteiger partial charge in [-0.25, -0.2) is 4.98 Å². The molecule has 1 saturated carbocycles. The van der Waals surface area contributed by atoms with Crippen LogP contribution in [0, 0.1) is 0 Å². The van der Waals surface area contributed by atoms with Crippen LogP contribution in [0.3, 0.4) is 0 Å². The molecule has 0 aromatic carbocycles. The second-order valence-corrected chi connectivity index (χ2v) is 5.86. The second-order valence-electron chi connectivity index (χ2n) is 5.86. The minimum atomic E-state index is 0.891. The van der Waals surface area contributed by atoms with Crippen LogP contribution >= 0.6 is 0 Å². The molecule has 2 aromatic rings. The first kappa shape index (κ1) is 14.5. The molecule has 1 saturated heterocycles. The minimum absolute atomic E-state index is 0.891. The molecule has 114 valence electrons. The summed E-state index contributed by atoms with van der Waals surface area (Å²) < 4.78 is 5.35. The zero-order chi connectivity index (χ0) is 14.3. The predicted octanol–water partition coefficient (Wildman–Crippen LogP) is 3.21. The highest BCUT2D eigenvalue weighted by atomic mass is 16.5. The first-order valence-corrected chi connectivity index (χ1v) is 8.13. The molecule has 1 N–H and O–H groups in total. The van der Waals surface area contributed by atoms with E-state index in [4.69, 9.17) is 4.74 Å². The Morgan fingerprint density at radius 3 is 2.67 bits per heavy atom. The van der Waals surface area contributed by atoms with Crippen molar-refractivity contribution in [2.24, 2.45) is 0 Å². The third-order valence-electron chi connectivity index (χ3n) is 4.46. The number of hydrogen-bond donors (Lipinski definition) is 1. The van der Waals surface area contributed by atoms with Crippen molar-refractivity contribution < 1.29 is 4.74 Å². The molecular weight excluding hydrogens is 262 g/mol. The summed E-state index contributed by atoms with van der Waals surface area (Å²) >= 11 is 0. The van der Waals surface area contributed by atoms with Gasteiger partial charge in [0.05, 0.1) is 13.2 Å². The number of nitrogens with one attached hydrogen (secondary N) is 1. The van der Waals surface area contributed by atoms with Gasteiger partial charge in [0.15, 0.2) is 0 Å². The molecule has 2 aromatic heterocycles. The number of rotatable bonds is 1. The van der Waals surface area contributed by atoms with Crippen molar-refractivity contribution >= 4 is 11.0 Å². The molecule has 2 fully saturated rings. The van der Waals surface area contributed by atoms with E-state index in [2.05, 4.69) is 14.9 Å². The molecule has 0 amide bonds. The highest BCUT2D eigenvalue weighted by Crippen LogP contribution is 2.22. The zero-order valence-electron chi connectivity index (χ0n) is 12.6. The number of morpholine rings is 1. The Balaban J connectivity index is 0.000000131. The van der Waals surface area contributed by atoms with E-state index >= 15 is 0 Å². The lowest BCUT2D eigenvalue weighted by molar-refractivity contribution is 0.00858. The van der Waals surface area contributed by atoms with Crippen molar-refractivity contribution in [1.29, 1.82) is 0 Å². The van der Waals surface area contributed by atoms with E-state index in [1.807, 2.05) is 24.4 Å². The third kappa shape index (κ3) is 4.05. The van der Waals surface area contributed by atoms with Gasteiger partial charge in [-0.3, -0.25) is 4.90 Å². The van der Waals surface area contributed by atoms with E-state index in [0.717, 1.165) is 30.3 Å². The molecule has 4 heteroatoms. The maximum atomic E-state index is 5.35. The van der Waals surface area contributed by atoms with Crippen molar-refractivity contribution in [3.05, 3.63) is 30.6 Å². The van der Waals surface area contributed by atoms with Crippen LogP contribution in [-0.2, 0) is 4.74 Å². The van der Waals surface area contributed by atoms with Gasteiger partial charge in [0, 0.05) is 36.9 Å². The molecule has 4 rings (SSSR count). The first-order valence-electron chi connectivity index (χ1n) is 8.13. The number of nitrogens with zero attached hydrogens (tertiary/aromatic N) is 2. The fourth-order valence-corrected chi connectivity index (χ4v) is 3.27. The highest BCUT2D eigenvalue weighted by molar-refractivity contribution is 5.74. The Bertz CT molecular complexity index is 481.